The third-order valence-corrected chi connectivity index (χ3v) is 5.65. The largest absolute Gasteiger partial charge is 0.387 e. The van der Waals surface area contributed by atoms with E-state index in [1.165, 1.54) is 18.2 Å². The molecular formula is C18H21N3O4S. The summed E-state index contributed by atoms with van der Waals surface area (Å²) in [5.41, 5.74) is -0.229. The van der Waals surface area contributed by atoms with Crippen LogP contribution in [0.1, 0.15) is 16.8 Å². The molecule has 4 N–H and O–H groups in total. The Labute approximate surface area is 152 Å². The summed E-state index contributed by atoms with van der Waals surface area (Å²) in [6.07, 6.45) is 0.481. The van der Waals surface area contributed by atoms with Gasteiger partial charge in [-0.15, -0.1) is 0 Å². The molecule has 1 fully saturated rings. The summed E-state index contributed by atoms with van der Waals surface area (Å²) < 4.78 is 27.4. The molecule has 0 spiro atoms. The summed E-state index contributed by atoms with van der Waals surface area (Å²) in [5, 5.41) is 16.0. The molecule has 138 valence electrons. The van der Waals surface area contributed by atoms with Gasteiger partial charge in [-0.2, -0.15) is 0 Å². The van der Waals surface area contributed by atoms with Crippen LogP contribution in [-0.2, 0) is 10.0 Å². The van der Waals surface area contributed by atoms with Gasteiger partial charge in [0.2, 0.25) is 10.0 Å². The van der Waals surface area contributed by atoms with E-state index in [9.17, 15) is 18.3 Å². The second-order valence-corrected chi connectivity index (χ2v) is 8.09. The van der Waals surface area contributed by atoms with Gasteiger partial charge in [0.15, 0.2) is 0 Å². The molecule has 0 saturated carbocycles. The van der Waals surface area contributed by atoms with Gasteiger partial charge in [0.1, 0.15) is 0 Å². The summed E-state index contributed by atoms with van der Waals surface area (Å²) in [5.74, 6) is -0.396. The minimum absolute atomic E-state index is 0.0206. The Hall–Kier alpha value is -2.26. The number of aliphatic hydroxyl groups is 1. The van der Waals surface area contributed by atoms with Crippen LogP contribution in [0.4, 0.5) is 5.69 Å². The first kappa shape index (κ1) is 18.5. The zero-order valence-electron chi connectivity index (χ0n) is 14.1. The number of hydrogen-bond donors (Lipinski definition) is 4. The van der Waals surface area contributed by atoms with E-state index in [0.29, 0.717) is 25.2 Å². The third-order valence-electron chi connectivity index (χ3n) is 4.25. The fraction of sp³-hybridized carbons (Fsp3) is 0.278. The van der Waals surface area contributed by atoms with Gasteiger partial charge in [0, 0.05) is 24.3 Å². The number of rotatable bonds is 6. The standard InChI is InChI=1S/C18H21N3O4S/c22-17(21-15-6-2-1-3-7-15)14-5-4-8-16(11-14)26(24,25)20-13-18(23)9-10-19-12-18/h1-8,11,19-20,23H,9-10,12-13H2,(H,21,22)/t18-/m1/s1. The van der Waals surface area contributed by atoms with Gasteiger partial charge in [0.25, 0.3) is 5.91 Å². The molecule has 7 nitrogen and oxygen atoms in total. The molecule has 1 atom stereocenters. The Morgan fingerprint density at radius 2 is 1.92 bits per heavy atom. The molecule has 26 heavy (non-hydrogen) atoms. The monoisotopic (exact) mass is 375 g/mol. The highest BCUT2D eigenvalue weighted by Crippen LogP contribution is 2.17. The van der Waals surface area contributed by atoms with Crippen molar-refractivity contribution in [1.29, 1.82) is 0 Å². The average molecular weight is 375 g/mol. The number of benzene rings is 2. The topological polar surface area (TPSA) is 108 Å². The van der Waals surface area contributed by atoms with E-state index in [2.05, 4.69) is 15.4 Å². The van der Waals surface area contributed by atoms with Crippen LogP contribution in [0, 0.1) is 0 Å². The average Bonchev–Trinajstić information content (AvgIpc) is 3.08. The van der Waals surface area contributed by atoms with Crippen molar-refractivity contribution in [3.8, 4) is 0 Å². The van der Waals surface area contributed by atoms with E-state index in [-0.39, 0.29) is 17.0 Å². The van der Waals surface area contributed by atoms with Gasteiger partial charge < -0.3 is 15.7 Å². The molecule has 1 amide bonds. The quantitative estimate of drug-likeness (QED) is 0.601. The van der Waals surface area contributed by atoms with E-state index in [1.807, 2.05) is 6.07 Å². The number of sulfonamides is 1. The van der Waals surface area contributed by atoms with Gasteiger partial charge in [-0.1, -0.05) is 24.3 Å². The van der Waals surface area contributed by atoms with Crippen molar-refractivity contribution in [2.24, 2.45) is 0 Å². The maximum Gasteiger partial charge on any atom is 0.255 e. The zero-order valence-corrected chi connectivity index (χ0v) is 14.9. The van der Waals surface area contributed by atoms with Crippen LogP contribution in [-0.4, -0.2) is 44.7 Å². The fourth-order valence-corrected chi connectivity index (χ4v) is 3.89. The molecule has 0 radical (unpaired) electrons. The Bertz CT molecular complexity index is 878. The molecule has 0 unspecified atom stereocenters. The summed E-state index contributed by atoms with van der Waals surface area (Å²) in [4.78, 5) is 12.3. The highest BCUT2D eigenvalue weighted by atomic mass is 32.2. The predicted molar refractivity (Wildman–Crippen MR) is 98.5 cm³/mol. The van der Waals surface area contributed by atoms with Crippen molar-refractivity contribution >= 4 is 21.6 Å². The molecule has 0 bridgehead atoms. The highest BCUT2D eigenvalue weighted by molar-refractivity contribution is 7.89. The molecule has 1 aliphatic heterocycles. The molecule has 2 aromatic carbocycles. The van der Waals surface area contributed by atoms with Crippen LogP contribution in [0.15, 0.2) is 59.5 Å². The molecule has 0 aliphatic carbocycles. The lowest BCUT2D eigenvalue weighted by Gasteiger charge is -2.21. The van der Waals surface area contributed by atoms with Gasteiger partial charge >= 0.3 is 0 Å². The summed E-state index contributed by atoms with van der Waals surface area (Å²) >= 11 is 0. The molecule has 2 aromatic rings. The second kappa shape index (κ2) is 7.55. The molecule has 1 heterocycles. The second-order valence-electron chi connectivity index (χ2n) is 6.32. The number of carbonyl (C=O) groups excluding carboxylic acids is 1. The Morgan fingerprint density at radius 1 is 1.15 bits per heavy atom. The van der Waals surface area contributed by atoms with Crippen molar-refractivity contribution in [2.45, 2.75) is 16.9 Å². The fourth-order valence-electron chi connectivity index (χ4n) is 2.72. The number of carbonyl (C=O) groups is 1. The van der Waals surface area contributed by atoms with Gasteiger partial charge in [-0.3, -0.25) is 4.79 Å². The molecular weight excluding hydrogens is 354 g/mol. The Balaban J connectivity index is 1.72. The van der Waals surface area contributed by atoms with Crippen molar-refractivity contribution in [3.63, 3.8) is 0 Å². The number of anilines is 1. The summed E-state index contributed by atoms with van der Waals surface area (Å²) in [6.45, 7) is 0.908. The van der Waals surface area contributed by atoms with Crippen LogP contribution in [0.2, 0.25) is 0 Å². The lowest BCUT2D eigenvalue weighted by atomic mass is 10.1. The van der Waals surface area contributed by atoms with Gasteiger partial charge in [-0.05, 0) is 43.3 Å². The maximum atomic E-state index is 12.5. The summed E-state index contributed by atoms with van der Waals surface area (Å²) in [7, 11) is -3.83. The van der Waals surface area contributed by atoms with Crippen LogP contribution in [0.3, 0.4) is 0 Å². The zero-order chi connectivity index (χ0) is 18.6. The first-order valence-corrected chi connectivity index (χ1v) is 9.76. The van der Waals surface area contributed by atoms with Crippen LogP contribution >= 0.6 is 0 Å². The molecule has 3 rings (SSSR count). The van der Waals surface area contributed by atoms with Gasteiger partial charge in [-0.25, -0.2) is 13.1 Å². The lowest BCUT2D eigenvalue weighted by Crippen LogP contribution is -2.44. The lowest BCUT2D eigenvalue weighted by molar-refractivity contribution is 0.0667. The SMILES string of the molecule is O=C(Nc1ccccc1)c1cccc(S(=O)(=O)NC[C@@]2(O)CCNC2)c1. The first-order chi connectivity index (χ1) is 12.4. The number of para-hydroxylation sites is 1. The third kappa shape index (κ3) is 4.47. The van der Waals surface area contributed by atoms with Crippen LogP contribution in [0.25, 0.3) is 0 Å². The molecule has 0 aromatic heterocycles. The number of amides is 1. The van der Waals surface area contributed by atoms with E-state index in [4.69, 9.17) is 0 Å². The maximum absolute atomic E-state index is 12.5. The van der Waals surface area contributed by atoms with Crippen molar-refractivity contribution in [3.05, 3.63) is 60.2 Å². The minimum atomic E-state index is -3.83. The molecule has 8 heteroatoms. The predicted octanol–water partition coefficient (Wildman–Crippen LogP) is 0.942. The first-order valence-electron chi connectivity index (χ1n) is 8.27. The van der Waals surface area contributed by atoms with Crippen molar-refractivity contribution in [2.75, 3.05) is 25.0 Å². The number of β-amino-alcohol motifs (C(OH)–C–C–N with tert-alkyl or cyclic N) is 1. The Morgan fingerprint density at radius 3 is 2.62 bits per heavy atom. The minimum Gasteiger partial charge on any atom is -0.387 e. The van der Waals surface area contributed by atoms with E-state index < -0.39 is 21.5 Å². The van der Waals surface area contributed by atoms with Gasteiger partial charge in [0.05, 0.1) is 10.5 Å². The normalized spacial score (nSPS) is 20.0. The van der Waals surface area contributed by atoms with E-state index in [0.717, 1.165) is 0 Å². The molecule has 1 saturated heterocycles. The van der Waals surface area contributed by atoms with Crippen LogP contribution < -0.4 is 15.4 Å². The van der Waals surface area contributed by atoms with Crippen molar-refractivity contribution in [1.82, 2.24) is 10.0 Å². The van der Waals surface area contributed by atoms with E-state index >= 15 is 0 Å². The number of hydrogen-bond acceptors (Lipinski definition) is 5. The molecule has 1 aliphatic rings. The smallest absolute Gasteiger partial charge is 0.255 e. The van der Waals surface area contributed by atoms with Crippen molar-refractivity contribution < 1.29 is 18.3 Å². The highest BCUT2D eigenvalue weighted by Gasteiger charge is 2.32. The Kier molecular flexibility index (Phi) is 5.38. The number of nitrogens with one attached hydrogen (secondary N) is 3. The van der Waals surface area contributed by atoms with Crippen LogP contribution in [0.5, 0.6) is 0 Å². The summed E-state index contributed by atoms with van der Waals surface area (Å²) in [6, 6.07) is 14.7. The van der Waals surface area contributed by atoms with E-state index in [1.54, 1.807) is 30.3 Å².